The smallest absolute Gasteiger partial charge is 0.135 e. The summed E-state index contributed by atoms with van der Waals surface area (Å²) in [5, 5.41) is 2.92. The van der Waals surface area contributed by atoms with Gasteiger partial charge in [0.15, 0.2) is 0 Å². The van der Waals surface area contributed by atoms with E-state index >= 15 is 0 Å². The highest BCUT2D eigenvalue weighted by atomic mass is 16.3. The molecule has 1 nitrogen and oxygen atoms in total. The summed E-state index contributed by atoms with van der Waals surface area (Å²) in [6.45, 7) is 0. The molecule has 0 aliphatic rings. The van der Waals surface area contributed by atoms with Gasteiger partial charge in [0.05, 0.1) is 16.4 Å². The summed E-state index contributed by atoms with van der Waals surface area (Å²) in [5.74, 6) is 0. The fraction of sp³-hybridized carbons (Fsp3) is 0. The van der Waals surface area contributed by atoms with Crippen LogP contribution in [0.5, 0.6) is 0 Å². The summed E-state index contributed by atoms with van der Waals surface area (Å²) in [7, 11) is 0. The Bertz CT molecular complexity index is 2740. The van der Waals surface area contributed by atoms with Crippen LogP contribution in [0, 0.1) is 0 Å². The number of hydrogen-bond acceptors (Lipinski definition) is 1. The van der Waals surface area contributed by atoms with Gasteiger partial charge in [-0.25, -0.2) is 0 Å². The fourth-order valence-corrected chi connectivity index (χ4v) is 5.33. The first-order chi connectivity index (χ1) is 24.3. The molecule has 1 heterocycles. The molecule has 0 aliphatic carbocycles. The number of rotatable bonds is 3. The second-order valence-electron chi connectivity index (χ2n) is 9.18. The zero-order valence-corrected chi connectivity index (χ0v) is 20.3. The van der Waals surface area contributed by atoms with E-state index in [1.165, 1.54) is 0 Å². The van der Waals surface area contributed by atoms with Crippen molar-refractivity contribution >= 4 is 43.5 Å². The zero-order valence-electron chi connectivity index (χ0n) is 32.3. The van der Waals surface area contributed by atoms with Gasteiger partial charge in [-0.15, -0.1) is 0 Å². The maximum atomic E-state index is 9.47. The molecule has 1 heteroatoms. The molecule has 0 radical (unpaired) electrons. The number of para-hydroxylation sites is 1. The first-order valence-corrected chi connectivity index (χ1v) is 12.4. The van der Waals surface area contributed by atoms with Crippen molar-refractivity contribution in [1.29, 1.82) is 0 Å². The Hall–Kier alpha value is -5.14. The maximum Gasteiger partial charge on any atom is 0.135 e. The van der Waals surface area contributed by atoms with Crippen LogP contribution < -0.4 is 0 Å². The SMILES string of the molecule is [2H]c1c([2H])c([2H])c(-c2ccc(-c3c4ccccc4c(-c4c([2H])c([2H])c5oc6c([2H])c([2H])c([2H])c([2H])c6c5c4[2H])c4ccccc34)cc2)c([2H])c1[2H]. The molecule has 0 bridgehead atoms. The van der Waals surface area contributed by atoms with Gasteiger partial charge in [-0.1, -0.05) is 127 Å². The predicted molar refractivity (Wildman–Crippen MR) is 165 cm³/mol. The molecule has 0 aliphatic heterocycles. The van der Waals surface area contributed by atoms with E-state index in [0.717, 1.165) is 21.9 Å². The van der Waals surface area contributed by atoms with Gasteiger partial charge in [0.1, 0.15) is 11.2 Å². The topological polar surface area (TPSA) is 13.1 Å². The molecule has 0 saturated heterocycles. The lowest BCUT2D eigenvalue weighted by atomic mass is 9.85. The minimum absolute atomic E-state index is 0.0137. The van der Waals surface area contributed by atoms with E-state index in [0.29, 0.717) is 21.9 Å². The van der Waals surface area contributed by atoms with Crippen molar-refractivity contribution in [3.63, 3.8) is 0 Å². The van der Waals surface area contributed by atoms with Gasteiger partial charge in [0.2, 0.25) is 0 Å². The molecule has 0 amide bonds. The largest absolute Gasteiger partial charge is 0.456 e. The summed E-state index contributed by atoms with van der Waals surface area (Å²) in [5.41, 5.74) is 2.47. The molecular weight excluding hydrogens is 472 g/mol. The average molecular weight is 509 g/mol. The lowest BCUT2D eigenvalue weighted by Crippen LogP contribution is -1.91. The minimum Gasteiger partial charge on any atom is -0.456 e. The molecule has 7 aromatic carbocycles. The maximum absolute atomic E-state index is 9.47. The van der Waals surface area contributed by atoms with Crippen LogP contribution in [0.15, 0.2) is 150 Å². The van der Waals surface area contributed by atoms with Gasteiger partial charge < -0.3 is 4.42 Å². The lowest BCUT2D eigenvalue weighted by molar-refractivity contribution is 0.669. The first-order valence-electron chi connectivity index (χ1n) is 18.4. The summed E-state index contributed by atoms with van der Waals surface area (Å²) in [4.78, 5) is 0. The minimum atomic E-state index is -0.496. The molecule has 1 aromatic heterocycles. The van der Waals surface area contributed by atoms with Gasteiger partial charge in [0.25, 0.3) is 0 Å². The van der Waals surface area contributed by atoms with Crippen molar-refractivity contribution < 1.29 is 20.9 Å². The Balaban J connectivity index is 1.43. The summed E-state index contributed by atoms with van der Waals surface area (Å²) in [6, 6.07) is 17.6. The van der Waals surface area contributed by atoms with Crippen LogP contribution >= 0.6 is 0 Å². The molecule has 0 fully saturated rings. The van der Waals surface area contributed by atoms with Gasteiger partial charge >= 0.3 is 0 Å². The highest BCUT2D eigenvalue weighted by Gasteiger charge is 2.17. The van der Waals surface area contributed by atoms with Crippen molar-refractivity contribution in [2.24, 2.45) is 0 Å². The van der Waals surface area contributed by atoms with Crippen LogP contribution in [0.2, 0.25) is 0 Å². The summed E-state index contributed by atoms with van der Waals surface area (Å²) < 4.78 is 108. The molecule has 8 aromatic rings. The Morgan fingerprint density at radius 2 is 0.923 bits per heavy atom. The van der Waals surface area contributed by atoms with E-state index in [1.54, 1.807) is 12.1 Å². The Morgan fingerprint density at radius 3 is 1.59 bits per heavy atom. The van der Waals surface area contributed by atoms with E-state index in [9.17, 15) is 1.37 Å². The molecular formula is C38H24O. The van der Waals surface area contributed by atoms with E-state index in [4.69, 9.17) is 19.5 Å². The van der Waals surface area contributed by atoms with Crippen LogP contribution in [0.3, 0.4) is 0 Å². The third-order valence-electron chi connectivity index (χ3n) is 7.03. The van der Waals surface area contributed by atoms with Crippen molar-refractivity contribution in [1.82, 2.24) is 0 Å². The van der Waals surface area contributed by atoms with Crippen molar-refractivity contribution in [2.45, 2.75) is 0 Å². The molecule has 0 saturated carbocycles. The third-order valence-corrected chi connectivity index (χ3v) is 7.03. The number of fused-ring (bicyclic) bond motifs is 5. The van der Waals surface area contributed by atoms with E-state index in [-0.39, 0.29) is 63.3 Å². The highest BCUT2D eigenvalue weighted by Crippen LogP contribution is 2.44. The van der Waals surface area contributed by atoms with Crippen LogP contribution in [-0.2, 0) is 0 Å². The van der Waals surface area contributed by atoms with Gasteiger partial charge in [-0.2, -0.15) is 0 Å². The second-order valence-corrected chi connectivity index (χ2v) is 9.18. The number of hydrogen-bond donors (Lipinski definition) is 0. The summed E-state index contributed by atoms with van der Waals surface area (Å²) in [6.07, 6.45) is 0. The Labute approximate surface area is 243 Å². The van der Waals surface area contributed by atoms with Crippen LogP contribution in [0.4, 0.5) is 0 Å². The standard InChI is InChI=1S/C38H24O/c1-2-10-25(11-3-1)26-18-20-27(21-19-26)37-30-13-4-6-15-32(30)38(33-16-7-5-14-31(33)37)28-22-23-36-34(24-28)29-12-8-9-17-35(29)39-36/h1-24H/i1D,2D,3D,8D,9D,10D,11D,12D,17D,22D,23D,24D. The zero-order chi connectivity index (χ0) is 36.2. The van der Waals surface area contributed by atoms with E-state index in [1.807, 2.05) is 60.7 Å². The average Bonchev–Trinajstić information content (AvgIpc) is 3.55. The normalized spacial score (nSPS) is 15.9. The second kappa shape index (κ2) is 8.72. The molecule has 182 valence electrons. The van der Waals surface area contributed by atoms with Crippen molar-refractivity contribution in [2.75, 3.05) is 0 Å². The Kier molecular flexibility index (Phi) is 2.92. The number of furan rings is 1. The van der Waals surface area contributed by atoms with Gasteiger partial charge in [-0.3, -0.25) is 0 Å². The molecule has 8 rings (SSSR count). The molecule has 0 atom stereocenters. The van der Waals surface area contributed by atoms with Crippen molar-refractivity contribution in [3.8, 4) is 33.4 Å². The predicted octanol–water partition coefficient (Wildman–Crippen LogP) is 10.9. The van der Waals surface area contributed by atoms with E-state index in [2.05, 4.69) is 0 Å². The van der Waals surface area contributed by atoms with Gasteiger partial charge in [0, 0.05) is 10.8 Å². The van der Waals surface area contributed by atoms with Gasteiger partial charge in [-0.05, 0) is 73.1 Å². The quantitative estimate of drug-likeness (QED) is 0.216. The molecule has 39 heavy (non-hydrogen) atoms. The Morgan fingerprint density at radius 1 is 0.385 bits per heavy atom. The van der Waals surface area contributed by atoms with E-state index < -0.39 is 42.3 Å². The molecule has 0 spiro atoms. The lowest BCUT2D eigenvalue weighted by Gasteiger charge is -2.18. The molecule has 0 N–H and O–H groups in total. The third kappa shape index (κ3) is 3.48. The van der Waals surface area contributed by atoms with Crippen LogP contribution in [0.25, 0.3) is 76.9 Å². The van der Waals surface area contributed by atoms with Crippen LogP contribution in [-0.4, -0.2) is 0 Å². The summed E-state index contributed by atoms with van der Waals surface area (Å²) >= 11 is 0. The fourth-order valence-electron chi connectivity index (χ4n) is 5.33. The van der Waals surface area contributed by atoms with Crippen molar-refractivity contribution in [3.05, 3.63) is 145 Å². The molecule has 0 unspecified atom stereocenters. The monoisotopic (exact) mass is 508 g/mol. The highest BCUT2D eigenvalue weighted by molar-refractivity contribution is 6.22. The number of benzene rings is 7. The van der Waals surface area contributed by atoms with Crippen LogP contribution in [0.1, 0.15) is 16.4 Å². The first kappa shape index (κ1) is 13.1.